The summed E-state index contributed by atoms with van der Waals surface area (Å²) in [6.07, 6.45) is 1.62. The molecule has 0 spiro atoms. The highest BCUT2D eigenvalue weighted by atomic mass is 32.1. The number of anilines is 1. The first kappa shape index (κ1) is 14.1. The van der Waals surface area contributed by atoms with E-state index in [2.05, 4.69) is 15.3 Å². The zero-order chi connectivity index (χ0) is 16.1. The number of benzene rings is 2. The molecule has 0 saturated carbocycles. The van der Waals surface area contributed by atoms with E-state index in [1.165, 1.54) is 23.5 Å². The highest BCUT2D eigenvalue weighted by Crippen LogP contribution is 2.38. The normalized spacial score (nSPS) is 11.8. The van der Waals surface area contributed by atoms with E-state index in [0.717, 1.165) is 26.1 Å². The quantitative estimate of drug-likeness (QED) is 0.541. The number of thiazole rings is 1. The van der Waals surface area contributed by atoms with Crippen LogP contribution in [-0.2, 0) is 0 Å². The van der Waals surface area contributed by atoms with Crippen molar-refractivity contribution in [3.05, 3.63) is 46.6 Å². The Morgan fingerprint density at radius 2 is 2.04 bits per heavy atom. The van der Waals surface area contributed by atoms with Crippen molar-refractivity contribution in [1.29, 1.82) is 0 Å². The Balaban J connectivity index is 2.24. The Morgan fingerprint density at radius 1 is 1.22 bits per heavy atom. The smallest absolute Gasteiger partial charge is 0.256 e. The van der Waals surface area contributed by atoms with Gasteiger partial charge in [-0.05, 0) is 38.1 Å². The molecule has 2 aromatic heterocycles. The lowest BCUT2D eigenvalue weighted by molar-refractivity contribution is 0.630. The molecular formula is C17H14FN3OS. The molecule has 0 saturated heterocycles. The van der Waals surface area contributed by atoms with Gasteiger partial charge >= 0.3 is 0 Å². The van der Waals surface area contributed by atoms with Gasteiger partial charge in [0.15, 0.2) is 5.13 Å². The number of nitrogens with zero attached hydrogens (tertiary/aromatic N) is 1. The number of pyridine rings is 1. The SMILES string of the molecule is CC(C)Nc1nc2c3ccc(F)cc3c3c(=O)[nH]ccc3c2s1. The van der Waals surface area contributed by atoms with Crippen molar-refractivity contribution < 1.29 is 4.39 Å². The lowest BCUT2D eigenvalue weighted by Crippen LogP contribution is -2.08. The molecule has 2 aromatic carbocycles. The Labute approximate surface area is 135 Å². The third-order valence-corrected chi connectivity index (χ3v) is 4.77. The standard InChI is InChI=1S/C17H14FN3OS/c1-8(2)20-17-21-14-10-4-3-9(18)7-12(10)13-11(15(14)23-17)5-6-19-16(13)22/h3-8H,1-2H3,(H,19,22)(H,20,21). The van der Waals surface area contributed by atoms with Gasteiger partial charge in [-0.25, -0.2) is 9.37 Å². The van der Waals surface area contributed by atoms with Crippen LogP contribution in [0.25, 0.3) is 31.8 Å². The first-order valence-corrected chi connectivity index (χ1v) is 8.16. The van der Waals surface area contributed by atoms with Gasteiger partial charge in [0.05, 0.1) is 15.6 Å². The number of aromatic amines is 1. The second kappa shape index (κ2) is 5.03. The fourth-order valence-corrected chi connectivity index (χ4v) is 4.02. The van der Waals surface area contributed by atoms with E-state index in [0.29, 0.717) is 10.8 Å². The first-order valence-electron chi connectivity index (χ1n) is 7.34. The molecule has 4 rings (SSSR count). The van der Waals surface area contributed by atoms with Crippen molar-refractivity contribution in [1.82, 2.24) is 9.97 Å². The van der Waals surface area contributed by atoms with E-state index in [1.54, 1.807) is 12.3 Å². The Morgan fingerprint density at radius 3 is 2.83 bits per heavy atom. The van der Waals surface area contributed by atoms with Crippen LogP contribution in [0.2, 0.25) is 0 Å². The van der Waals surface area contributed by atoms with Gasteiger partial charge in [0.25, 0.3) is 5.56 Å². The van der Waals surface area contributed by atoms with Crippen LogP contribution >= 0.6 is 11.3 Å². The number of hydrogen-bond acceptors (Lipinski definition) is 4. The molecule has 0 bridgehead atoms. The minimum Gasteiger partial charge on any atom is -0.359 e. The molecule has 0 atom stereocenters. The molecule has 2 N–H and O–H groups in total. The summed E-state index contributed by atoms with van der Waals surface area (Å²) in [5.41, 5.74) is 0.581. The summed E-state index contributed by atoms with van der Waals surface area (Å²) in [5, 5.41) is 6.79. The van der Waals surface area contributed by atoms with E-state index in [4.69, 9.17) is 0 Å². The summed E-state index contributed by atoms with van der Waals surface area (Å²) in [4.78, 5) is 19.7. The van der Waals surface area contributed by atoms with Crippen LogP contribution in [-0.4, -0.2) is 16.0 Å². The molecule has 0 aliphatic rings. The molecule has 4 nitrogen and oxygen atoms in total. The van der Waals surface area contributed by atoms with Gasteiger partial charge in [0, 0.05) is 28.4 Å². The molecule has 0 radical (unpaired) electrons. The second-order valence-electron chi connectivity index (χ2n) is 5.78. The van der Waals surface area contributed by atoms with Gasteiger partial charge in [0.2, 0.25) is 0 Å². The lowest BCUT2D eigenvalue weighted by atomic mass is 10.0. The van der Waals surface area contributed by atoms with Crippen LogP contribution in [0.1, 0.15) is 13.8 Å². The van der Waals surface area contributed by atoms with Crippen LogP contribution in [0.4, 0.5) is 9.52 Å². The van der Waals surface area contributed by atoms with Crippen LogP contribution in [0.15, 0.2) is 35.3 Å². The Hall–Kier alpha value is -2.47. The zero-order valence-electron chi connectivity index (χ0n) is 12.6. The topological polar surface area (TPSA) is 57.8 Å². The predicted octanol–water partition coefficient (Wildman–Crippen LogP) is 4.25. The van der Waals surface area contributed by atoms with Crippen LogP contribution in [0.3, 0.4) is 0 Å². The first-order chi connectivity index (χ1) is 11.0. The summed E-state index contributed by atoms with van der Waals surface area (Å²) in [7, 11) is 0. The van der Waals surface area contributed by atoms with Gasteiger partial charge in [-0.3, -0.25) is 4.79 Å². The van der Waals surface area contributed by atoms with Crippen molar-refractivity contribution in [2.75, 3.05) is 5.32 Å². The summed E-state index contributed by atoms with van der Waals surface area (Å²) in [6, 6.07) is 6.60. The third-order valence-electron chi connectivity index (χ3n) is 3.75. The van der Waals surface area contributed by atoms with E-state index < -0.39 is 0 Å². The Kier molecular flexibility index (Phi) is 3.09. The zero-order valence-corrected chi connectivity index (χ0v) is 13.4. The minimum atomic E-state index is -0.364. The molecule has 0 amide bonds. The number of aromatic nitrogens is 2. The van der Waals surface area contributed by atoms with Crippen molar-refractivity contribution in [2.24, 2.45) is 0 Å². The van der Waals surface area contributed by atoms with Gasteiger partial charge in [-0.2, -0.15) is 0 Å². The number of rotatable bonds is 2. The van der Waals surface area contributed by atoms with Gasteiger partial charge in [0.1, 0.15) is 5.82 Å². The summed E-state index contributed by atoms with van der Waals surface area (Å²) >= 11 is 1.51. The van der Waals surface area contributed by atoms with Crippen LogP contribution in [0.5, 0.6) is 0 Å². The Bertz CT molecular complexity index is 1110. The molecule has 4 aromatic rings. The number of halogens is 1. The third kappa shape index (κ3) is 2.17. The van der Waals surface area contributed by atoms with Crippen molar-refractivity contribution in [2.45, 2.75) is 19.9 Å². The molecule has 0 aliphatic heterocycles. The number of fused-ring (bicyclic) bond motifs is 6. The lowest BCUT2D eigenvalue weighted by Gasteiger charge is -2.05. The molecule has 23 heavy (non-hydrogen) atoms. The molecule has 0 aliphatic carbocycles. The van der Waals surface area contributed by atoms with Crippen LogP contribution in [0, 0.1) is 5.82 Å². The molecule has 0 fully saturated rings. The van der Waals surface area contributed by atoms with E-state index in [1.807, 2.05) is 19.9 Å². The van der Waals surface area contributed by atoms with Gasteiger partial charge < -0.3 is 10.3 Å². The fraction of sp³-hybridized carbons (Fsp3) is 0.176. The highest BCUT2D eigenvalue weighted by Gasteiger charge is 2.16. The maximum absolute atomic E-state index is 13.7. The summed E-state index contributed by atoms with van der Waals surface area (Å²) in [6.45, 7) is 4.09. The molecule has 116 valence electrons. The molecule has 0 unspecified atom stereocenters. The van der Waals surface area contributed by atoms with Gasteiger partial charge in [-0.1, -0.05) is 11.3 Å². The molecule has 2 heterocycles. The van der Waals surface area contributed by atoms with Crippen molar-refractivity contribution in [3.63, 3.8) is 0 Å². The second-order valence-corrected chi connectivity index (χ2v) is 6.78. The number of hydrogen-bond donors (Lipinski definition) is 2. The number of nitrogens with one attached hydrogen (secondary N) is 2. The predicted molar refractivity (Wildman–Crippen MR) is 94.0 cm³/mol. The average molecular weight is 327 g/mol. The van der Waals surface area contributed by atoms with Crippen molar-refractivity contribution >= 4 is 48.2 Å². The van der Waals surface area contributed by atoms with E-state index in [-0.39, 0.29) is 17.4 Å². The van der Waals surface area contributed by atoms with Gasteiger partial charge in [-0.15, -0.1) is 0 Å². The highest BCUT2D eigenvalue weighted by molar-refractivity contribution is 7.23. The maximum atomic E-state index is 13.7. The largest absolute Gasteiger partial charge is 0.359 e. The van der Waals surface area contributed by atoms with E-state index in [9.17, 15) is 9.18 Å². The van der Waals surface area contributed by atoms with E-state index >= 15 is 0 Å². The average Bonchev–Trinajstić information content (AvgIpc) is 2.90. The number of H-pyrrole nitrogens is 1. The van der Waals surface area contributed by atoms with Crippen LogP contribution < -0.4 is 10.9 Å². The monoisotopic (exact) mass is 327 g/mol. The summed E-state index contributed by atoms with van der Waals surface area (Å²) < 4.78 is 14.7. The molecular weight excluding hydrogens is 313 g/mol. The molecule has 6 heteroatoms. The minimum absolute atomic E-state index is 0.216. The maximum Gasteiger partial charge on any atom is 0.256 e. The summed E-state index contributed by atoms with van der Waals surface area (Å²) in [5.74, 6) is -0.364. The fourth-order valence-electron chi connectivity index (χ4n) is 2.86. The van der Waals surface area contributed by atoms with Crippen molar-refractivity contribution in [3.8, 4) is 0 Å².